The Balaban J connectivity index is 1.87. The molecular weight excluding hydrogens is 318 g/mol. The summed E-state index contributed by atoms with van der Waals surface area (Å²) >= 11 is 0. The molecule has 1 fully saturated rings. The summed E-state index contributed by atoms with van der Waals surface area (Å²) < 4.78 is 5.84. The van der Waals surface area contributed by atoms with Crippen molar-refractivity contribution in [3.05, 3.63) is 35.9 Å². The molecule has 1 saturated heterocycles. The molecule has 3 amide bonds. The van der Waals surface area contributed by atoms with Gasteiger partial charge in [0.15, 0.2) is 0 Å². The van der Waals surface area contributed by atoms with Crippen molar-refractivity contribution in [2.75, 3.05) is 19.7 Å². The van der Waals surface area contributed by atoms with Gasteiger partial charge in [0.2, 0.25) is 5.91 Å². The van der Waals surface area contributed by atoms with Crippen LogP contribution in [0.1, 0.15) is 38.9 Å². The second kappa shape index (κ2) is 9.42. The number of amides is 3. The molecule has 0 aliphatic carbocycles. The summed E-state index contributed by atoms with van der Waals surface area (Å²) in [6.45, 7) is 7.45. The largest absolute Gasteiger partial charge is 0.373 e. The first-order valence-corrected chi connectivity index (χ1v) is 9.01. The van der Waals surface area contributed by atoms with Gasteiger partial charge in [0.1, 0.15) is 6.04 Å². The zero-order valence-electron chi connectivity index (χ0n) is 15.2. The Morgan fingerprint density at radius 3 is 2.56 bits per heavy atom. The van der Waals surface area contributed by atoms with E-state index in [9.17, 15) is 9.59 Å². The lowest BCUT2D eigenvalue weighted by molar-refractivity contribution is -0.123. The molecule has 2 rings (SSSR count). The minimum atomic E-state index is -0.537. The molecule has 1 aliphatic heterocycles. The van der Waals surface area contributed by atoms with Crippen LogP contribution in [0.3, 0.4) is 0 Å². The maximum absolute atomic E-state index is 12.2. The predicted octanol–water partition coefficient (Wildman–Crippen LogP) is 2.22. The molecule has 0 saturated carbocycles. The molecule has 138 valence electrons. The van der Waals surface area contributed by atoms with Gasteiger partial charge in [-0.3, -0.25) is 4.79 Å². The van der Waals surface area contributed by atoms with E-state index in [-0.39, 0.29) is 29.9 Å². The standard InChI is InChI=1S/C19H29N3O3/c1-4-20-18(23)16(13(2)3)22-19(24)21-12-15-10-11-25-17(15)14-8-6-5-7-9-14/h5-9,13,15-17H,4,10-12H2,1-3H3,(H,20,23)(H2,21,22,24)/t15-,16+,17-/m1/s1. The van der Waals surface area contributed by atoms with E-state index in [1.807, 2.05) is 51.1 Å². The van der Waals surface area contributed by atoms with Gasteiger partial charge in [-0.2, -0.15) is 0 Å². The van der Waals surface area contributed by atoms with Crippen molar-refractivity contribution in [3.63, 3.8) is 0 Å². The maximum Gasteiger partial charge on any atom is 0.315 e. The van der Waals surface area contributed by atoms with Gasteiger partial charge in [0.05, 0.1) is 6.10 Å². The highest BCUT2D eigenvalue weighted by molar-refractivity contribution is 5.87. The number of benzene rings is 1. The fourth-order valence-corrected chi connectivity index (χ4v) is 3.09. The van der Waals surface area contributed by atoms with Crippen molar-refractivity contribution in [2.24, 2.45) is 11.8 Å². The number of nitrogens with one attached hydrogen (secondary N) is 3. The number of hydrogen-bond acceptors (Lipinski definition) is 3. The van der Waals surface area contributed by atoms with E-state index in [0.717, 1.165) is 12.0 Å². The maximum atomic E-state index is 12.2. The number of ether oxygens (including phenoxy) is 1. The molecule has 1 aromatic carbocycles. The van der Waals surface area contributed by atoms with Crippen LogP contribution in [-0.2, 0) is 9.53 Å². The number of carbonyl (C=O) groups is 2. The molecule has 0 aromatic heterocycles. The van der Waals surface area contributed by atoms with Crippen LogP contribution in [0.4, 0.5) is 4.79 Å². The molecule has 0 unspecified atom stereocenters. The Morgan fingerprint density at radius 2 is 1.92 bits per heavy atom. The molecule has 6 nitrogen and oxygen atoms in total. The first-order chi connectivity index (χ1) is 12.0. The fourth-order valence-electron chi connectivity index (χ4n) is 3.09. The summed E-state index contributed by atoms with van der Waals surface area (Å²) in [5.41, 5.74) is 1.13. The first-order valence-electron chi connectivity index (χ1n) is 9.01. The van der Waals surface area contributed by atoms with Crippen molar-refractivity contribution in [1.82, 2.24) is 16.0 Å². The molecule has 1 aliphatic rings. The first kappa shape index (κ1) is 19.2. The van der Waals surface area contributed by atoms with Crippen molar-refractivity contribution in [1.29, 1.82) is 0 Å². The SMILES string of the molecule is CCNC(=O)[C@@H](NC(=O)NC[C@H]1CCO[C@@H]1c1ccccc1)C(C)C. The molecule has 1 heterocycles. The molecule has 0 spiro atoms. The van der Waals surface area contributed by atoms with E-state index in [1.54, 1.807) is 0 Å². The highest BCUT2D eigenvalue weighted by atomic mass is 16.5. The average molecular weight is 347 g/mol. The van der Waals surface area contributed by atoms with Crippen LogP contribution in [0.15, 0.2) is 30.3 Å². The normalized spacial score (nSPS) is 21.0. The van der Waals surface area contributed by atoms with Crippen LogP contribution < -0.4 is 16.0 Å². The third-order valence-corrected chi connectivity index (χ3v) is 4.45. The molecule has 3 atom stereocenters. The Hall–Kier alpha value is -2.08. The highest BCUT2D eigenvalue weighted by Gasteiger charge is 2.30. The summed E-state index contributed by atoms with van der Waals surface area (Å²) in [6, 6.07) is 9.21. The zero-order chi connectivity index (χ0) is 18.2. The lowest BCUT2D eigenvalue weighted by Crippen LogP contribution is -2.53. The smallest absolute Gasteiger partial charge is 0.315 e. The molecule has 6 heteroatoms. The Bertz CT molecular complexity index is 562. The van der Waals surface area contributed by atoms with Gasteiger partial charge in [-0.05, 0) is 24.8 Å². The van der Waals surface area contributed by atoms with Crippen LogP contribution in [0, 0.1) is 11.8 Å². The number of likely N-dealkylation sites (N-methyl/N-ethyl adjacent to an activating group) is 1. The quantitative estimate of drug-likeness (QED) is 0.708. The van der Waals surface area contributed by atoms with Gasteiger partial charge in [-0.1, -0.05) is 44.2 Å². The van der Waals surface area contributed by atoms with E-state index >= 15 is 0 Å². The Morgan fingerprint density at radius 1 is 1.20 bits per heavy atom. The van der Waals surface area contributed by atoms with E-state index in [0.29, 0.717) is 19.7 Å². The third-order valence-electron chi connectivity index (χ3n) is 4.45. The lowest BCUT2D eigenvalue weighted by Gasteiger charge is -2.23. The summed E-state index contributed by atoms with van der Waals surface area (Å²) in [5, 5.41) is 8.43. The van der Waals surface area contributed by atoms with Crippen LogP contribution in [0.5, 0.6) is 0 Å². The molecule has 3 N–H and O–H groups in total. The predicted molar refractivity (Wildman–Crippen MR) is 97.1 cm³/mol. The van der Waals surface area contributed by atoms with Gasteiger partial charge >= 0.3 is 6.03 Å². The van der Waals surface area contributed by atoms with Gasteiger partial charge < -0.3 is 20.7 Å². The molecule has 25 heavy (non-hydrogen) atoms. The number of carbonyl (C=O) groups excluding carboxylic acids is 2. The summed E-state index contributed by atoms with van der Waals surface area (Å²) in [4.78, 5) is 24.3. The highest BCUT2D eigenvalue weighted by Crippen LogP contribution is 2.33. The van der Waals surface area contributed by atoms with E-state index < -0.39 is 6.04 Å². The molecule has 0 bridgehead atoms. The van der Waals surface area contributed by atoms with E-state index in [4.69, 9.17) is 4.74 Å². The van der Waals surface area contributed by atoms with Crippen molar-refractivity contribution in [2.45, 2.75) is 39.3 Å². The van der Waals surface area contributed by atoms with Gasteiger partial charge in [0.25, 0.3) is 0 Å². The van der Waals surface area contributed by atoms with Gasteiger partial charge in [0, 0.05) is 25.6 Å². The van der Waals surface area contributed by atoms with E-state index in [1.165, 1.54) is 0 Å². The zero-order valence-corrected chi connectivity index (χ0v) is 15.2. The van der Waals surface area contributed by atoms with Crippen molar-refractivity contribution < 1.29 is 14.3 Å². The van der Waals surface area contributed by atoms with Crippen molar-refractivity contribution in [3.8, 4) is 0 Å². The molecule has 1 aromatic rings. The van der Waals surface area contributed by atoms with E-state index in [2.05, 4.69) is 16.0 Å². The minimum Gasteiger partial charge on any atom is -0.373 e. The number of urea groups is 1. The second-order valence-electron chi connectivity index (χ2n) is 6.72. The molecule has 0 radical (unpaired) electrons. The summed E-state index contributed by atoms with van der Waals surface area (Å²) in [6.07, 6.45) is 0.912. The lowest BCUT2D eigenvalue weighted by atomic mass is 9.95. The topological polar surface area (TPSA) is 79.5 Å². The monoisotopic (exact) mass is 347 g/mol. The summed E-state index contributed by atoms with van der Waals surface area (Å²) in [7, 11) is 0. The number of hydrogen-bond donors (Lipinski definition) is 3. The van der Waals surface area contributed by atoms with Crippen LogP contribution >= 0.6 is 0 Å². The average Bonchev–Trinajstić information content (AvgIpc) is 3.07. The third kappa shape index (κ3) is 5.46. The molecular formula is C19H29N3O3. The van der Waals surface area contributed by atoms with Crippen LogP contribution in [0.2, 0.25) is 0 Å². The number of rotatable bonds is 7. The second-order valence-corrected chi connectivity index (χ2v) is 6.72. The van der Waals surface area contributed by atoms with Gasteiger partial charge in [-0.15, -0.1) is 0 Å². The minimum absolute atomic E-state index is 0.00536. The summed E-state index contributed by atoms with van der Waals surface area (Å²) in [5.74, 6) is 0.0957. The van der Waals surface area contributed by atoms with Crippen LogP contribution in [0.25, 0.3) is 0 Å². The Kier molecular flexibility index (Phi) is 7.25. The Labute approximate surface area is 149 Å². The fraction of sp³-hybridized carbons (Fsp3) is 0.579. The van der Waals surface area contributed by atoms with Crippen LogP contribution in [-0.4, -0.2) is 37.7 Å². The van der Waals surface area contributed by atoms with Crippen molar-refractivity contribution >= 4 is 11.9 Å². The van der Waals surface area contributed by atoms with Gasteiger partial charge in [-0.25, -0.2) is 4.79 Å².